The Morgan fingerprint density at radius 2 is 0.950 bits per heavy atom. The summed E-state index contributed by atoms with van der Waals surface area (Å²) in [6.45, 7) is 2.66. The summed E-state index contributed by atoms with van der Waals surface area (Å²) in [4.78, 5) is 21.4. The van der Waals surface area contributed by atoms with Crippen LogP contribution in [0, 0.1) is 0 Å². The zero-order valence-electron chi connectivity index (χ0n) is 11.9. The predicted octanol–water partition coefficient (Wildman–Crippen LogP) is 0.554. The predicted molar refractivity (Wildman–Crippen MR) is 77.1 cm³/mol. The van der Waals surface area contributed by atoms with Crippen LogP contribution in [0.2, 0.25) is 0 Å². The lowest BCUT2D eigenvalue weighted by molar-refractivity contribution is -0.117. The smallest absolute Gasteiger partial charge is 0.150 e. The van der Waals surface area contributed by atoms with E-state index in [-0.39, 0.29) is 60.3 Å². The highest BCUT2D eigenvalue weighted by molar-refractivity contribution is 7.91. The molecule has 0 aliphatic carbocycles. The van der Waals surface area contributed by atoms with Gasteiger partial charge in [0.15, 0.2) is 19.7 Å². The monoisotopic (exact) mass is 326 g/mol. The van der Waals surface area contributed by atoms with Crippen molar-refractivity contribution in [3.05, 3.63) is 0 Å². The van der Waals surface area contributed by atoms with Crippen LogP contribution in [0.3, 0.4) is 0 Å². The second kappa shape index (κ2) is 8.51. The molecule has 8 heteroatoms. The van der Waals surface area contributed by atoms with Crippen LogP contribution in [0.5, 0.6) is 0 Å². The van der Waals surface area contributed by atoms with Crippen LogP contribution in [0.15, 0.2) is 0 Å². The Morgan fingerprint density at radius 1 is 0.650 bits per heavy atom. The number of sulfone groups is 2. The van der Waals surface area contributed by atoms with Crippen molar-refractivity contribution in [2.24, 2.45) is 0 Å². The number of ketones is 2. The highest BCUT2D eigenvalue weighted by Gasteiger charge is 2.15. The van der Waals surface area contributed by atoms with Gasteiger partial charge in [-0.15, -0.1) is 0 Å². The average Bonchev–Trinajstić information content (AvgIpc) is 2.30. The third-order valence-electron chi connectivity index (χ3n) is 2.69. The van der Waals surface area contributed by atoms with Gasteiger partial charge in [0.1, 0.15) is 11.6 Å². The SMILES string of the molecule is CC(=O)CCS(=O)(=O)CCCCS(=O)(=O)CCC(C)=O. The van der Waals surface area contributed by atoms with Crippen molar-refractivity contribution < 1.29 is 26.4 Å². The molecular formula is C12H22O6S2. The van der Waals surface area contributed by atoms with Crippen molar-refractivity contribution >= 4 is 31.2 Å². The number of hydrogen-bond donors (Lipinski definition) is 0. The number of carbonyl (C=O) groups is 2. The zero-order chi connectivity index (χ0) is 15.8. The molecule has 20 heavy (non-hydrogen) atoms. The van der Waals surface area contributed by atoms with Crippen LogP contribution in [0.1, 0.15) is 39.5 Å². The summed E-state index contributed by atoms with van der Waals surface area (Å²) >= 11 is 0. The number of Topliss-reactive ketones (excluding diaryl/α,β-unsaturated/α-hetero) is 2. The number of rotatable bonds is 11. The molecule has 0 rings (SSSR count). The van der Waals surface area contributed by atoms with Crippen molar-refractivity contribution in [3.63, 3.8) is 0 Å². The van der Waals surface area contributed by atoms with Gasteiger partial charge in [-0.25, -0.2) is 16.8 Å². The molecule has 0 aromatic heterocycles. The maximum atomic E-state index is 11.5. The molecule has 6 nitrogen and oxygen atoms in total. The molecule has 0 aromatic carbocycles. The van der Waals surface area contributed by atoms with Gasteiger partial charge in [0.25, 0.3) is 0 Å². The van der Waals surface area contributed by atoms with Crippen molar-refractivity contribution in [3.8, 4) is 0 Å². The third-order valence-corrected chi connectivity index (χ3v) is 6.16. The minimum absolute atomic E-state index is 0.000750. The molecule has 0 atom stereocenters. The second-order valence-corrected chi connectivity index (χ2v) is 9.52. The Bertz CT molecular complexity index is 480. The zero-order valence-corrected chi connectivity index (χ0v) is 13.6. The lowest BCUT2D eigenvalue weighted by Crippen LogP contribution is -2.16. The van der Waals surface area contributed by atoms with E-state index >= 15 is 0 Å². The summed E-state index contributed by atoms with van der Waals surface area (Å²) in [6, 6.07) is 0. The maximum Gasteiger partial charge on any atom is 0.150 e. The van der Waals surface area contributed by atoms with E-state index in [9.17, 15) is 26.4 Å². The molecule has 0 aliphatic rings. The van der Waals surface area contributed by atoms with Gasteiger partial charge in [0.2, 0.25) is 0 Å². The molecule has 118 valence electrons. The second-order valence-electron chi connectivity index (χ2n) is 4.91. The van der Waals surface area contributed by atoms with Crippen molar-refractivity contribution in [2.75, 3.05) is 23.0 Å². The van der Waals surface area contributed by atoms with Crippen LogP contribution in [-0.4, -0.2) is 51.4 Å². The first kappa shape index (κ1) is 19.2. The van der Waals surface area contributed by atoms with Crippen LogP contribution in [0.4, 0.5) is 0 Å². The van der Waals surface area contributed by atoms with E-state index in [2.05, 4.69) is 0 Å². The lowest BCUT2D eigenvalue weighted by atomic mass is 10.4. The molecule has 0 unspecified atom stereocenters. The van der Waals surface area contributed by atoms with Crippen molar-refractivity contribution in [1.82, 2.24) is 0 Å². The fraction of sp³-hybridized carbons (Fsp3) is 0.833. The normalized spacial score (nSPS) is 12.3. The van der Waals surface area contributed by atoms with Crippen molar-refractivity contribution in [2.45, 2.75) is 39.5 Å². The summed E-state index contributed by atoms with van der Waals surface area (Å²) < 4.78 is 46.1. The van der Waals surface area contributed by atoms with Crippen LogP contribution in [-0.2, 0) is 29.3 Å². The molecule has 0 heterocycles. The highest BCUT2D eigenvalue weighted by Crippen LogP contribution is 2.04. The Morgan fingerprint density at radius 3 is 1.20 bits per heavy atom. The summed E-state index contributed by atoms with van der Waals surface area (Å²) in [5, 5.41) is 0. The fourth-order valence-corrected chi connectivity index (χ4v) is 4.34. The van der Waals surface area contributed by atoms with Gasteiger partial charge in [0, 0.05) is 12.8 Å². The Labute approximate surface area is 120 Å². The molecule has 0 aliphatic heterocycles. The molecule has 0 N–H and O–H groups in total. The van der Waals surface area contributed by atoms with E-state index in [0.717, 1.165) is 0 Å². The van der Waals surface area contributed by atoms with E-state index in [0.29, 0.717) is 0 Å². The van der Waals surface area contributed by atoms with E-state index in [1.807, 2.05) is 0 Å². The molecular weight excluding hydrogens is 304 g/mol. The maximum absolute atomic E-state index is 11.5. The van der Waals surface area contributed by atoms with Gasteiger partial charge >= 0.3 is 0 Å². The van der Waals surface area contributed by atoms with Gasteiger partial charge in [-0.05, 0) is 26.7 Å². The van der Waals surface area contributed by atoms with Crippen LogP contribution >= 0.6 is 0 Å². The Hall–Kier alpha value is -0.760. The topological polar surface area (TPSA) is 102 Å². The third kappa shape index (κ3) is 11.1. The van der Waals surface area contributed by atoms with Gasteiger partial charge < -0.3 is 0 Å². The molecule has 0 aromatic rings. The summed E-state index contributed by atoms with van der Waals surface area (Å²) in [5.41, 5.74) is 0. The molecule has 0 amide bonds. The van der Waals surface area contributed by atoms with E-state index < -0.39 is 19.7 Å². The summed E-state index contributed by atoms with van der Waals surface area (Å²) in [5.74, 6) is -0.940. The summed E-state index contributed by atoms with van der Waals surface area (Å²) in [7, 11) is -6.58. The first-order valence-electron chi connectivity index (χ1n) is 6.44. The highest BCUT2D eigenvalue weighted by atomic mass is 32.2. The minimum atomic E-state index is -3.29. The molecule has 0 saturated heterocycles. The number of hydrogen-bond acceptors (Lipinski definition) is 6. The van der Waals surface area contributed by atoms with Crippen molar-refractivity contribution in [1.29, 1.82) is 0 Å². The quantitative estimate of drug-likeness (QED) is 0.514. The van der Waals surface area contributed by atoms with Gasteiger partial charge in [-0.2, -0.15) is 0 Å². The molecule has 0 radical (unpaired) electrons. The molecule has 0 fully saturated rings. The van der Waals surface area contributed by atoms with Crippen LogP contribution < -0.4 is 0 Å². The van der Waals surface area contributed by atoms with Gasteiger partial charge in [-0.1, -0.05) is 0 Å². The Balaban J connectivity index is 4.01. The lowest BCUT2D eigenvalue weighted by Gasteiger charge is -2.04. The minimum Gasteiger partial charge on any atom is -0.300 e. The first-order chi connectivity index (χ1) is 9.04. The number of unbranched alkanes of at least 4 members (excludes halogenated alkanes) is 1. The molecule has 0 spiro atoms. The summed E-state index contributed by atoms with van der Waals surface area (Å²) in [6.07, 6.45) is 0.498. The molecule has 0 bridgehead atoms. The number of carbonyl (C=O) groups excluding carboxylic acids is 2. The van der Waals surface area contributed by atoms with E-state index in [1.54, 1.807) is 0 Å². The van der Waals surface area contributed by atoms with E-state index in [4.69, 9.17) is 0 Å². The van der Waals surface area contributed by atoms with Crippen LogP contribution in [0.25, 0.3) is 0 Å². The fourth-order valence-electron chi connectivity index (χ4n) is 1.45. The average molecular weight is 326 g/mol. The standard InChI is InChI=1S/C12H22O6S2/c1-11(13)5-9-19(15,16)7-3-4-8-20(17,18)10-6-12(2)14/h3-10H2,1-2H3. The largest absolute Gasteiger partial charge is 0.300 e. The molecule has 0 saturated carbocycles. The first-order valence-corrected chi connectivity index (χ1v) is 10.1. The van der Waals surface area contributed by atoms with Gasteiger partial charge in [0.05, 0.1) is 23.0 Å². The van der Waals surface area contributed by atoms with E-state index in [1.165, 1.54) is 13.8 Å². The Kier molecular flexibility index (Phi) is 8.19. The van der Waals surface area contributed by atoms with Gasteiger partial charge in [-0.3, -0.25) is 9.59 Å².